The summed E-state index contributed by atoms with van der Waals surface area (Å²) in [6.07, 6.45) is -1.21. The predicted octanol–water partition coefficient (Wildman–Crippen LogP) is 3.55. The number of carbonyl (C=O) groups excluding carboxylic acids is 1. The Hall–Kier alpha value is -3.03. The third-order valence-corrected chi connectivity index (χ3v) is 4.54. The normalized spacial score (nSPS) is 14.3. The minimum atomic E-state index is -4.52. The van der Waals surface area contributed by atoms with E-state index >= 15 is 0 Å². The van der Waals surface area contributed by atoms with Gasteiger partial charge in [0.15, 0.2) is 5.65 Å². The molecule has 0 N–H and O–H groups in total. The molecule has 5 nitrogen and oxygen atoms in total. The minimum Gasteiger partial charge on any atom is -0.334 e. The third-order valence-electron chi connectivity index (χ3n) is 4.54. The van der Waals surface area contributed by atoms with Crippen molar-refractivity contribution in [2.45, 2.75) is 26.1 Å². The van der Waals surface area contributed by atoms with Crippen molar-refractivity contribution in [1.82, 2.24) is 19.9 Å². The highest BCUT2D eigenvalue weighted by molar-refractivity contribution is 5.94. The van der Waals surface area contributed by atoms with Crippen LogP contribution in [-0.2, 0) is 19.1 Å². The standard InChI is InChI=1S/C19H15F3N4O/c1-11-6-13-7-14-10-26(5-4-15(14)25-17(13)24-8-11)18(27)12-2-3-16(23-9-12)19(20,21)22/h2-3,6-9H,4-5,10H2,1H3. The number of halogens is 3. The van der Waals surface area contributed by atoms with Gasteiger partial charge in [-0.1, -0.05) is 0 Å². The number of hydrogen-bond acceptors (Lipinski definition) is 4. The molecule has 27 heavy (non-hydrogen) atoms. The zero-order chi connectivity index (χ0) is 19.2. The summed E-state index contributed by atoms with van der Waals surface area (Å²) in [5.74, 6) is -0.343. The van der Waals surface area contributed by atoms with E-state index in [0.717, 1.165) is 34.5 Å². The molecule has 0 aromatic carbocycles. The largest absolute Gasteiger partial charge is 0.433 e. The van der Waals surface area contributed by atoms with Crippen molar-refractivity contribution in [2.24, 2.45) is 0 Å². The third kappa shape index (κ3) is 3.34. The number of amides is 1. The molecule has 4 rings (SSSR count). The van der Waals surface area contributed by atoms with Gasteiger partial charge >= 0.3 is 6.18 Å². The molecule has 0 radical (unpaired) electrons. The lowest BCUT2D eigenvalue weighted by Gasteiger charge is -2.28. The van der Waals surface area contributed by atoms with Gasteiger partial charge in [0.05, 0.1) is 5.56 Å². The van der Waals surface area contributed by atoms with Crippen LogP contribution in [0.25, 0.3) is 11.0 Å². The molecule has 1 aliphatic rings. The molecule has 0 spiro atoms. The molecule has 3 aromatic heterocycles. The summed E-state index contributed by atoms with van der Waals surface area (Å²) >= 11 is 0. The fraction of sp³-hybridized carbons (Fsp3) is 0.263. The van der Waals surface area contributed by atoms with Crippen molar-refractivity contribution in [2.75, 3.05) is 6.54 Å². The molecule has 0 saturated heterocycles. The van der Waals surface area contributed by atoms with E-state index in [0.29, 0.717) is 25.2 Å². The summed E-state index contributed by atoms with van der Waals surface area (Å²) < 4.78 is 37.9. The van der Waals surface area contributed by atoms with E-state index in [4.69, 9.17) is 0 Å². The van der Waals surface area contributed by atoms with Crippen molar-refractivity contribution in [1.29, 1.82) is 0 Å². The van der Waals surface area contributed by atoms with Crippen LogP contribution in [-0.4, -0.2) is 32.3 Å². The molecule has 0 atom stereocenters. The molecule has 0 saturated carbocycles. The monoisotopic (exact) mass is 372 g/mol. The van der Waals surface area contributed by atoms with Crippen LogP contribution in [0.15, 0.2) is 36.7 Å². The Morgan fingerprint density at radius 2 is 1.96 bits per heavy atom. The fourth-order valence-electron chi connectivity index (χ4n) is 3.18. The SMILES string of the molecule is Cc1cnc2nc3c(cc2c1)CN(C(=O)c1ccc(C(F)(F)F)nc1)CC3. The Balaban J connectivity index is 1.59. The van der Waals surface area contributed by atoms with Gasteiger partial charge in [0.2, 0.25) is 0 Å². The summed E-state index contributed by atoms with van der Waals surface area (Å²) in [6, 6.07) is 5.95. The molecule has 4 heterocycles. The van der Waals surface area contributed by atoms with Crippen LogP contribution in [0.3, 0.4) is 0 Å². The van der Waals surface area contributed by atoms with Crippen molar-refractivity contribution >= 4 is 16.9 Å². The minimum absolute atomic E-state index is 0.137. The molecule has 0 aliphatic carbocycles. The van der Waals surface area contributed by atoms with Crippen molar-refractivity contribution in [3.63, 3.8) is 0 Å². The maximum atomic E-state index is 12.7. The highest BCUT2D eigenvalue weighted by atomic mass is 19.4. The van der Waals surface area contributed by atoms with E-state index in [-0.39, 0.29) is 11.5 Å². The number of aromatic nitrogens is 3. The van der Waals surface area contributed by atoms with Gasteiger partial charge in [-0.3, -0.25) is 9.78 Å². The van der Waals surface area contributed by atoms with Gasteiger partial charge in [-0.15, -0.1) is 0 Å². The molecule has 1 aliphatic heterocycles. The highest BCUT2D eigenvalue weighted by Crippen LogP contribution is 2.28. The zero-order valence-corrected chi connectivity index (χ0v) is 14.4. The van der Waals surface area contributed by atoms with Crippen LogP contribution in [0.1, 0.15) is 32.9 Å². The maximum Gasteiger partial charge on any atom is 0.433 e. The second-order valence-electron chi connectivity index (χ2n) is 6.56. The summed E-state index contributed by atoms with van der Waals surface area (Å²) in [4.78, 5) is 26.5. The van der Waals surface area contributed by atoms with E-state index in [2.05, 4.69) is 15.0 Å². The van der Waals surface area contributed by atoms with Crippen LogP contribution >= 0.6 is 0 Å². The summed E-state index contributed by atoms with van der Waals surface area (Å²) in [5.41, 5.74) is 2.64. The number of hydrogen-bond donors (Lipinski definition) is 0. The van der Waals surface area contributed by atoms with Gasteiger partial charge in [0, 0.05) is 43.0 Å². The van der Waals surface area contributed by atoms with Crippen LogP contribution in [0.2, 0.25) is 0 Å². The Morgan fingerprint density at radius 1 is 1.15 bits per heavy atom. The number of aryl methyl sites for hydroxylation is 1. The Kier molecular flexibility index (Phi) is 4.05. The van der Waals surface area contributed by atoms with Gasteiger partial charge in [-0.2, -0.15) is 13.2 Å². The van der Waals surface area contributed by atoms with Crippen molar-refractivity contribution < 1.29 is 18.0 Å². The molecule has 3 aromatic rings. The van der Waals surface area contributed by atoms with Gasteiger partial charge in [0.25, 0.3) is 5.91 Å². The molecule has 0 fully saturated rings. The lowest BCUT2D eigenvalue weighted by Crippen LogP contribution is -2.36. The van der Waals surface area contributed by atoms with Gasteiger partial charge in [-0.05, 0) is 42.3 Å². The van der Waals surface area contributed by atoms with E-state index in [1.54, 1.807) is 11.1 Å². The maximum absolute atomic E-state index is 12.7. The molecular weight excluding hydrogens is 357 g/mol. The number of pyridine rings is 3. The first kappa shape index (κ1) is 17.4. The molecular formula is C19H15F3N4O. The van der Waals surface area contributed by atoms with Gasteiger partial charge in [-0.25, -0.2) is 9.97 Å². The van der Waals surface area contributed by atoms with Crippen molar-refractivity contribution in [3.8, 4) is 0 Å². The topological polar surface area (TPSA) is 59.0 Å². The van der Waals surface area contributed by atoms with E-state index in [9.17, 15) is 18.0 Å². The summed E-state index contributed by atoms with van der Waals surface area (Å²) in [5, 5.41) is 0.902. The number of fused-ring (bicyclic) bond motifs is 2. The van der Waals surface area contributed by atoms with Crippen LogP contribution < -0.4 is 0 Å². The second kappa shape index (κ2) is 6.29. The molecule has 138 valence electrons. The Labute approximate surface area is 152 Å². The Morgan fingerprint density at radius 3 is 2.67 bits per heavy atom. The van der Waals surface area contributed by atoms with Crippen LogP contribution in [0, 0.1) is 6.92 Å². The molecule has 8 heteroatoms. The van der Waals surface area contributed by atoms with E-state index < -0.39 is 11.9 Å². The first-order valence-corrected chi connectivity index (χ1v) is 8.39. The average Bonchev–Trinajstić information content (AvgIpc) is 2.64. The summed E-state index contributed by atoms with van der Waals surface area (Å²) in [7, 11) is 0. The first-order chi connectivity index (χ1) is 12.8. The average molecular weight is 372 g/mol. The number of alkyl halides is 3. The zero-order valence-electron chi connectivity index (χ0n) is 14.4. The van der Waals surface area contributed by atoms with Crippen molar-refractivity contribution in [3.05, 3.63) is 64.7 Å². The lowest BCUT2D eigenvalue weighted by atomic mass is 10.0. The quantitative estimate of drug-likeness (QED) is 0.656. The lowest BCUT2D eigenvalue weighted by molar-refractivity contribution is -0.141. The number of nitrogens with zero attached hydrogens (tertiary/aromatic N) is 4. The van der Waals surface area contributed by atoms with E-state index in [1.807, 2.05) is 19.1 Å². The first-order valence-electron chi connectivity index (χ1n) is 8.39. The fourth-order valence-corrected chi connectivity index (χ4v) is 3.18. The smallest absolute Gasteiger partial charge is 0.334 e. The van der Waals surface area contributed by atoms with Gasteiger partial charge < -0.3 is 4.90 Å². The Bertz CT molecular complexity index is 1030. The predicted molar refractivity (Wildman–Crippen MR) is 92.0 cm³/mol. The molecule has 0 unspecified atom stereocenters. The molecule has 0 bridgehead atoms. The second-order valence-corrected chi connectivity index (χ2v) is 6.56. The van der Waals surface area contributed by atoms with E-state index in [1.165, 1.54) is 6.07 Å². The number of carbonyl (C=O) groups is 1. The highest BCUT2D eigenvalue weighted by Gasteiger charge is 2.32. The van der Waals surface area contributed by atoms with Crippen LogP contribution in [0.4, 0.5) is 13.2 Å². The number of rotatable bonds is 1. The molecule has 1 amide bonds. The van der Waals surface area contributed by atoms with Crippen LogP contribution in [0.5, 0.6) is 0 Å². The summed E-state index contributed by atoms with van der Waals surface area (Å²) in [6.45, 7) is 2.74. The van der Waals surface area contributed by atoms with Gasteiger partial charge in [0.1, 0.15) is 5.69 Å².